The number of hydrogen-bond acceptors (Lipinski definition) is 0. The van der Waals surface area contributed by atoms with Crippen LogP contribution in [0.2, 0.25) is 0 Å². The van der Waals surface area contributed by atoms with Crippen LogP contribution in [0.1, 0.15) is 31.7 Å². The van der Waals surface area contributed by atoms with Crippen molar-refractivity contribution in [2.24, 2.45) is 11.8 Å². The summed E-state index contributed by atoms with van der Waals surface area (Å²) in [6.07, 6.45) is 5.35. The van der Waals surface area contributed by atoms with Crippen molar-refractivity contribution in [1.82, 2.24) is 0 Å². The Balaban J connectivity index is 1.85. The van der Waals surface area contributed by atoms with Crippen molar-refractivity contribution in [3.8, 4) is 0 Å². The molecule has 3 unspecified atom stereocenters. The van der Waals surface area contributed by atoms with E-state index >= 15 is 0 Å². The van der Waals surface area contributed by atoms with E-state index in [1.54, 1.807) is 0 Å². The van der Waals surface area contributed by atoms with E-state index in [-0.39, 0.29) is 0 Å². The van der Waals surface area contributed by atoms with Gasteiger partial charge in [-0.25, -0.2) is 0 Å². The Kier molecular flexibility index (Phi) is 3.93. The normalized spacial score (nSPS) is 24.7. The van der Waals surface area contributed by atoms with Gasteiger partial charge in [-0.1, -0.05) is 78.2 Å². The third kappa shape index (κ3) is 2.72. The van der Waals surface area contributed by atoms with Crippen LogP contribution in [0.25, 0.3) is 10.8 Å². The van der Waals surface area contributed by atoms with E-state index in [1.807, 2.05) is 0 Å². The number of benzene rings is 2. The summed E-state index contributed by atoms with van der Waals surface area (Å²) in [6.45, 7) is 2.41. The summed E-state index contributed by atoms with van der Waals surface area (Å²) in [6, 6.07) is 15.4. The molecule has 1 saturated carbocycles. The van der Waals surface area contributed by atoms with Crippen LogP contribution in [0.4, 0.5) is 0 Å². The molecule has 0 saturated heterocycles. The molecule has 100 valence electrons. The van der Waals surface area contributed by atoms with Crippen molar-refractivity contribution in [2.45, 2.75) is 37.4 Å². The van der Waals surface area contributed by atoms with Crippen LogP contribution in [0.5, 0.6) is 0 Å². The molecule has 19 heavy (non-hydrogen) atoms. The SMILES string of the molecule is CC1CCCC1C(Br)Cc1cccc2ccccc12. The maximum Gasteiger partial charge on any atom is 0.0217 e. The largest absolute Gasteiger partial charge is 0.0884 e. The van der Waals surface area contributed by atoms with E-state index in [9.17, 15) is 0 Å². The Morgan fingerprint density at radius 3 is 2.68 bits per heavy atom. The predicted octanol–water partition coefficient (Wildman–Crippen LogP) is 5.58. The minimum absolute atomic E-state index is 0.621. The molecule has 1 aliphatic rings. The minimum atomic E-state index is 0.621. The second-order valence-corrected chi connectivity index (χ2v) is 7.11. The fraction of sp³-hybridized carbons (Fsp3) is 0.444. The van der Waals surface area contributed by atoms with Gasteiger partial charge in [-0.05, 0) is 41.0 Å². The lowest BCUT2D eigenvalue weighted by atomic mass is 9.90. The second kappa shape index (κ2) is 5.66. The molecule has 0 N–H and O–H groups in total. The molecule has 0 heterocycles. The van der Waals surface area contributed by atoms with Crippen molar-refractivity contribution in [3.05, 3.63) is 48.0 Å². The van der Waals surface area contributed by atoms with E-state index < -0.39 is 0 Å². The Hall–Kier alpha value is -0.820. The molecule has 3 atom stereocenters. The Morgan fingerprint density at radius 1 is 1.11 bits per heavy atom. The lowest BCUT2D eigenvalue weighted by Gasteiger charge is -2.22. The minimum Gasteiger partial charge on any atom is -0.0884 e. The monoisotopic (exact) mass is 316 g/mol. The molecular formula is C18H21Br. The molecule has 3 rings (SSSR count). The Morgan fingerprint density at radius 2 is 1.89 bits per heavy atom. The molecule has 1 fully saturated rings. The molecule has 2 aromatic rings. The highest BCUT2D eigenvalue weighted by Gasteiger charge is 2.29. The predicted molar refractivity (Wildman–Crippen MR) is 86.9 cm³/mol. The molecule has 1 aliphatic carbocycles. The van der Waals surface area contributed by atoms with E-state index in [2.05, 4.69) is 65.3 Å². The molecule has 2 aromatic carbocycles. The highest BCUT2D eigenvalue weighted by molar-refractivity contribution is 9.09. The Bertz CT molecular complexity index is 555. The van der Waals surface area contributed by atoms with E-state index in [1.165, 1.54) is 35.6 Å². The molecule has 0 nitrogen and oxygen atoms in total. The standard InChI is InChI=1S/C18H21Br/c1-13-6-4-11-16(13)18(19)12-15-9-5-8-14-7-2-3-10-17(14)15/h2-3,5,7-10,13,16,18H,4,6,11-12H2,1H3. The van der Waals surface area contributed by atoms with E-state index in [0.29, 0.717) is 4.83 Å². The molecule has 0 amide bonds. The third-order valence-electron chi connectivity index (χ3n) is 4.69. The van der Waals surface area contributed by atoms with Crippen LogP contribution < -0.4 is 0 Å². The first-order chi connectivity index (χ1) is 9.25. The van der Waals surface area contributed by atoms with Gasteiger partial charge in [0.1, 0.15) is 0 Å². The zero-order valence-electron chi connectivity index (χ0n) is 11.5. The number of fused-ring (bicyclic) bond motifs is 1. The maximum atomic E-state index is 3.97. The van der Waals surface area contributed by atoms with Gasteiger partial charge < -0.3 is 0 Å². The summed E-state index contributed by atoms with van der Waals surface area (Å²) in [5, 5.41) is 2.78. The van der Waals surface area contributed by atoms with Crippen LogP contribution in [0, 0.1) is 11.8 Å². The Labute approximate surface area is 124 Å². The first-order valence-corrected chi connectivity index (χ1v) is 8.28. The van der Waals surface area contributed by atoms with Gasteiger partial charge in [-0.3, -0.25) is 0 Å². The number of hydrogen-bond donors (Lipinski definition) is 0. The van der Waals surface area contributed by atoms with Crippen molar-refractivity contribution in [3.63, 3.8) is 0 Å². The molecule has 0 aromatic heterocycles. The average molecular weight is 317 g/mol. The molecule has 1 heteroatoms. The topological polar surface area (TPSA) is 0 Å². The lowest BCUT2D eigenvalue weighted by molar-refractivity contribution is 0.407. The van der Waals surface area contributed by atoms with Crippen molar-refractivity contribution in [1.29, 1.82) is 0 Å². The van der Waals surface area contributed by atoms with Crippen LogP contribution in [0.3, 0.4) is 0 Å². The van der Waals surface area contributed by atoms with Gasteiger partial charge >= 0.3 is 0 Å². The van der Waals surface area contributed by atoms with E-state index in [0.717, 1.165) is 18.3 Å². The van der Waals surface area contributed by atoms with Gasteiger partial charge in [0.2, 0.25) is 0 Å². The van der Waals surface area contributed by atoms with Crippen LogP contribution in [-0.2, 0) is 6.42 Å². The summed E-state index contributed by atoms with van der Waals surface area (Å²) >= 11 is 3.97. The van der Waals surface area contributed by atoms with Gasteiger partial charge in [-0.2, -0.15) is 0 Å². The molecule has 0 aliphatic heterocycles. The number of halogens is 1. The summed E-state index contributed by atoms with van der Waals surface area (Å²) in [4.78, 5) is 0.621. The van der Waals surface area contributed by atoms with Crippen LogP contribution >= 0.6 is 15.9 Å². The van der Waals surface area contributed by atoms with Crippen molar-refractivity contribution < 1.29 is 0 Å². The average Bonchev–Trinajstić information content (AvgIpc) is 2.85. The zero-order chi connectivity index (χ0) is 13.2. The smallest absolute Gasteiger partial charge is 0.0217 e. The maximum absolute atomic E-state index is 3.97. The van der Waals surface area contributed by atoms with Gasteiger partial charge in [0.15, 0.2) is 0 Å². The zero-order valence-corrected chi connectivity index (χ0v) is 13.1. The van der Waals surface area contributed by atoms with Crippen LogP contribution in [0.15, 0.2) is 42.5 Å². The third-order valence-corrected chi connectivity index (χ3v) is 5.69. The highest BCUT2D eigenvalue weighted by Crippen LogP contribution is 2.38. The summed E-state index contributed by atoms with van der Waals surface area (Å²) in [5.41, 5.74) is 1.49. The lowest BCUT2D eigenvalue weighted by Crippen LogP contribution is -2.19. The van der Waals surface area contributed by atoms with Crippen LogP contribution in [-0.4, -0.2) is 4.83 Å². The van der Waals surface area contributed by atoms with Crippen molar-refractivity contribution >= 4 is 26.7 Å². The second-order valence-electron chi connectivity index (χ2n) is 5.93. The highest BCUT2D eigenvalue weighted by atomic mass is 79.9. The van der Waals surface area contributed by atoms with Gasteiger partial charge in [0, 0.05) is 4.83 Å². The van der Waals surface area contributed by atoms with Gasteiger partial charge in [0.25, 0.3) is 0 Å². The van der Waals surface area contributed by atoms with E-state index in [4.69, 9.17) is 0 Å². The number of alkyl halides is 1. The van der Waals surface area contributed by atoms with Gasteiger partial charge in [0.05, 0.1) is 0 Å². The molecule has 0 bridgehead atoms. The first kappa shape index (κ1) is 13.2. The molecule has 0 radical (unpaired) electrons. The molecule has 0 spiro atoms. The summed E-state index contributed by atoms with van der Waals surface area (Å²) < 4.78 is 0. The van der Waals surface area contributed by atoms with Gasteiger partial charge in [-0.15, -0.1) is 0 Å². The van der Waals surface area contributed by atoms with Crippen molar-refractivity contribution in [2.75, 3.05) is 0 Å². The quantitative estimate of drug-likeness (QED) is 0.648. The first-order valence-electron chi connectivity index (χ1n) is 7.36. The summed E-state index contributed by atoms with van der Waals surface area (Å²) in [7, 11) is 0. The fourth-order valence-corrected chi connectivity index (χ4v) is 4.68. The molecular weight excluding hydrogens is 296 g/mol. The number of rotatable bonds is 3. The fourth-order valence-electron chi connectivity index (χ4n) is 3.54. The summed E-state index contributed by atoms with van der Waals surface area (Å²) in [5.74, 6) is 1.72.